The van der Waals surface area contributed by atoms with Crippen LogP contribution in [-0.4, -0.2) is 112 Å². The van der Waals surface area contributed by atoms with E-state index < -0.39 is 17.7 Å². The molecule has 0 spiro atoms. The van der Waals surface area contributed by atoms with Gasteiger partial charge in [0, 0.05) is 44.8 Å². The molecule has 2 unspecified atom stereocenters. The molecule has 3 saturated heterocycles. The molecule has 0 aliphatic carbocycles. The van der Waals surface area contributed by atoms with Crippen molar-refractivity contribution < 1.29 is 23.9 Å². The van der Waals surface area contributed by atoms with E-state index in [-0.39, 0.29) is 36.3 Å². The summed E-state index contributed by atoms with van der Waals surface area (Å²) in [4.78, 5) is 58.0. The smallest absolute Gasteiger partial charge is 0.409 e. The first kappa shape index (κ1) is 28.8. The van der Waals surface area contributed by atoms with E-state index in [0.717, 1.165) is 0 Å². The van der Waals surface area contributed by atoms with Crippen molar-refractivity contribution in [3.8, 4) is 0 Å². The Hall–Kier alpha value is -3.22. The summed E-state index contributed by atoms with van der Waals surface area (Å²) >= 11 is 0. The van der Waals surface area contributed by atoms with Gasteiger partial charge >= 0.3 is 6.09 Å². The molecule has 13 heteroatoms. The van der Waals surface area contributed by atoms with Crippen molar-refractivity contribution in [2.75, 3.05) is 61.5 Å². The van der Waals surface area contributed by atoms with Crippen LogP contribution < -0.4 is 15.5 Å². The predicted molar refractivity (Wildman–Crippen MR) is 146 cm³/mol. The van der Waals surface area contributed by atoms with Gasteiger partial charge in [-0.15, -0.1) is 0 Å². The number of Topliss-reactive ketones (excluding diaryl/α,β-unsaturated/α-hetero) is 1. The van der Waals surface area contributed by atoms with Crippen LogP contribution in [-0.2, 0) is 19.1 Å². The Morgan fingerprint density at radius 3 is 2.13 bits per heavy atom. The Morgan fingerprint density at radius 2 is 1.56 bits per heavy atom. The second-order valence-electron chi connectivity index (χ2n) is 11.5. The minimum Gasteiger partial charge on any atom is -0.446 e. The van der Waals surface area contributed by atoms with Gasteiger partial charge in [-0.05, 0) is 46.5 Å². The minimum absolute atomic E-state index is 0.153. The molecular formula is C26H42N8O5. The fraction of sp³-hybridized carbons (Fsp3) is 0.769. The average Bonchev–Trinajstić information content (AvgIpc) is 3.38. The lowest BCUT2D eigenvalue weighted by atomic mass is 9.93. The third kappa shape index (κ3) is 6.34. The number of amides is 2. The zero-order valence-electron chi connectivity index (χ0n) is 23.9. The second kappa shape index (κ2) is 11.9. The van der Waals surface area contributed by atoms with Gasteiger partial charge in [-0.1, -0.05) is 13.8 Å². The number of aromatic nitrogens is 3. The summed E-state index contributed by atoms with van der Waals surface area (Å²) in [5, 5.41) is 6.46. The van der Waals surface area contributed by atoms with Crippen LogP contribution in [0.5, 0.6) is 0 Å². The van der Waals surface area contributed by atoms with Gasteiger partial charge in [0.1, 0.15) is 12.1 Å². The highest BCUT2D eigenvalue weighted by molar-refractivity contribution is 6.16. The molecule has 39 heavy (non-hydrogen) atoms. The summed E-state index contributed by atoms with van der Waals surface area (Å²) in [5.41, 5.74) is -1.12. The maximum atomic E-state index is 13.3. The van der Waals surface area contributed by atoms with E-state index in [0.29, 0.717) is 70.0 Å². The maximum Gasteiger partial charge on any atom is 0.409 e. The van der Waals surface area contributed by atoms with Crippen LogP contribution in [0.1, 0.15) is 54.4 Å². The zero-order valence-corrected chi connectivity index (χ0v) is 23.9. The molecule has 4 heterocycles. The molecule has 0 saturated carbocycles. The molecule has 2 atom stereocenters. The van der Waals surface area contributed by atoms with Crippen LogP contribution in [0.2, 0.25) is 0 Å². The second-order valence-corrected chi connectivity index (χ2v) is 11.5. The van der Waals surface area contributed by atoms with Gasteiger partial charge in [-0.2, -0.15) is 15.0 Å². The molecule has 3 fully saturated rings. The van der Waals surface area contributed by atoms with E-state index in [1.54, 1.807) is 9.80 Å². The molecule has 4 rings (SSSR count). The van der Waals surface area contributed by atoms with Crippen molar-refractivity contribution in [3.05, 3.63) is 0 Å². The monoisotopic (exact) mass is 546 g/mol. The zero-order chi connectivity index (χ0) is 28.3. The van der Waals surface area contributed by atoms with Crippen LogP contribution >= 0.6 is 0 Å². The van der Waals surface area contributed by atoms with Crippen LogP contribution in [0, 0.1) is 5.92 Å². The molecule has 1 aromatic rings. The van der Waals surface area contributed by atoms with Crippen LogP contribution in [0.15, 0.2) is 0 Å². The Labute approximate surface area is 230 Å². The van der Waals surface area contributed by atoms with Gasteiger partial charge in [0.25, 0.3) is 5.91 Å². The standard InChI is InChI=1S/C26H42N8O5/c1-16(2)14-38-19-20(35)26(8-7-9-34(26)21(19)36)15-39-25(37)33-12-10-32(11-13-33)24-30-22(27-17(3)4)29-23(31-24)28-18(5)6/h16-19H,7-15H2,1-6H3,(H2,27,28,29,30,31). The van der Waals surface area contributed by atoms with Gasteiger partial charge in [-0.3, -0.25) is 9.59 Å². The lowest BCUT2D eigenvalue weighted by molar-refractivity contribution is -0.141. The molecule has 2 amide bonds. The number of anilines is 3. The number of nitrogens with zero attached hydrogens (tertiary/aromatic N) is 6. The molecule has 2 N–H and O–H groups in total. The maximum absolute atomic E-state index is 13.3. The Bertz CT molecular complexity index is 1030. The van der Waals surface area contributed by atoms with Crippen molar-refractivity contribution in [3.63, 3.8) is 0 Å². The lowest BCUT2D eigenvalue weighted by Crippen LogP contribution is -2.53. The quantitative estimate of drug-likeness (QED) is 0.415. The number of hydrogen-bond donors (Lipinski definition) is 2. The average molecular weight is 547 g/mol. The summed E-state index contributed by atoms with van der Waals surface area (Å²) in [6.45, 7) is 14.5. The van der Waals surface area contributed by atoms with Crippen LogP contribution in [0.4, 0.5) is 22.6 Å². The molecule has 3 aliphatic rings. The third-order valence-electron chi connectivity index (χ3n) is 6.99. The highest BCUT2D eigenvalue weighted by atomic mass is 16.6. The molecule has 1 aromatic heterocycles. The first-order valence-corrected chi connectivity index (χ1v) is 13.9. The number of nitrogens with one attached hydrogen (secondary N) is 2. The molecule has 0 radical (unpaired) electrons. The molecule has 0 aromatic carbocycles. The summed E-state index contributed by atoms with van der Waals surface area (Å²) in [6.07, 6.45) is -0.445. The largest absolute Gasteiger partial charge is 0.446 e. The summed E-state index contributed by atoms with van der Waals surface area (Å²) < 4.78 is 11.3. The molecule has 13 nitrogen and oxygen atoms in total. The van der Waals surface area contributed by atoms with Crippen molar-refractivity contribution in [1.82, 2.24) is 24.8 Å². The Kier molecular flexibility index (Phi) is 8.77. The van der Waals surface area contributed by atoms with Crippen LogP contribution in [0.3, 0.4) is 0 Å². The van der Waals surface area contributed by atoms with Gasteiger partial charge in [0.05, 0.1) is 6.61 Å². The number of ether oxygens (including phenoxy) is 2. The van der Waals surface area contributed by atoms with Gasteiger partial charge in [-0.25, -0.2) is 4.79 Å². The van der Waals surface area contributed by atoms with E-state index in [1.165, 1.54) is 0 Å². The molecule has 3 aliphatic heterocycles. The van der Waals surface area contributed by atoms with E-state index in [2.05, 4.69) is 25.6 Å². The first-order chi connectivity index (χ1) is 18.5. The van der Waals surface area contributed by atoms with Crippen molar-refractivity contribution in [2.24, 2.45) is 5.92 Å². The predicted octanol–water partition coefficient (Wildman–Crippen LogP) is 1.76. The normalized spacial score (nSPS) is 23.3. The number of fused-ring (bicyclic) bond motifs is 1. The number of carbonyl (C=O) groups is 3. The van der Waals surface area contributed by atoms with E-state index in [1.807, 2.05) is 46.4 Å². The first-order valence-electron chi connectivity index (χ1n) is 13.9. The van der Waals surface area contributed by atoms with Gasteiger partial charge in [0.2, 0.25) is 17.8 Å². The SMILES string of the molecule is CC(C)COC1C(=O)N2CCCC2(COC(=O)N2CCN(c3nc(NC(C)C)nc(NC(C)C)n3)CC2)C1=O. The van der Waals surface area contributed by atoms with Crippen molar-refractivity contribution in [2.45, 2.75) is 78.1 Å². The number of piperazine rings is 1. The number of hydrogen-bond acceptors (Lipinski definition) is 11. The summed E-state index contributed by atoms with van der Waals surface area (Å²) in [5.74, 6) is 1.10. The topological polar surface area (TPSA) is 142 Å². The fourth-order valence-corrected chi connectivity index (χ4v) is 5.12. The highest BCUT2D eigenvalue weighted by Gasteiger charge is 2.61. The fourth-order valence-electron chi connectivity index (χ4n) is 5.12. The Morgan fingerprint density at radius 1 is 0.949 bits per heavy atom. The molecule has 0 bridgehead atoms. The van der Waals surface area contributed by atoms with Crippen LogP contribution in [0.25, 0.3) is 0 Å². The number of carbonyl (C=O) groups excluding carboxylic acids is 3. The molecule has 216 valence electrons. The van der Waals surface area contributed by atoms with Gasteiger partial charge in [0.15, 0.2) is 11.9 Å². The van der Waals surface area contributed by atoms with E-state index >= 15 is 0 Å². The Balaban J connectivity index is 1.36. The van der Waals surface area contributed by atoms with E-state index in [9.17, 15) is 14.4 Å². The lowest BCUT2D eigenvalue weighted by Gasteiger charge is -2.35. The van der Waals surface area contributed by atoms with E-state index in [4.69, 9.17) is 9.47 Å². The van der Waals surface area contributed by atoms with Crippen molar-refractivity contribution in [1.29, 1.82) is 0 Å². The minimum atomic E-state index is -1.12. The van der Waals surface area contributed by atoms with Crippen molar-refractivity contribution >= 4 is 35.6 Å². The molecular weight excluding hydrogens is 504 g/mol. The third-order valence-corrected chi connectivity index (χ3v) is 6.99. The highest BCUT2D eigenvalue weighted by Crippen LogP contribution is 2.39. The number of rotatable bonds is 10. The summed E-state index contributed by atoms with van der Waals surface area (Å²) in [7, 11) is 0. The number of ketones is 1. The summed E-state index contributed by atoms with van der Waals surface area (Å²) in [6, 6.07) is 0.321. The van der Waals surface area contributed by atoms with Gasteiger partial charge < -0.3 is 34.8 Å².